The van der Waals surface area contributed by atoms with Crippen LogP contribution in [0, 0.1) is 0 Å². The van der Waals surface area contributed by atoms with Crippen LogP contribution >= 0.6 is 22.9 Å². The lowest BCUT2D eigenvalue weighted by Gasteiger charge is -2.25. The second kappa shape index (κ2) is 6.99. The zero-order valence-corrected chi connectivity index (χ0v) is 11.7. The maximum absolute atomic E-state index is 10.5. The number of hydrogen-bond donors (Lipinski definition) is 1. The third-order valence-electron chi connectivity index (χ3n) is 2.55. The van der Waals surface area contributed by atoms with E-state index < -0.39 is 5.97 Å². The van der Waals surface area contributed by atoms with Crippen molar-refractivity contribution in [3.63, 3.8) is 0 Å². The molecule has 0 aromatic carbocycles. The van der Waals surface area contributed by atoms with Crippen molar-refractivity contribution in [3.8, 4) is 0 Å². The van der Waals surface area contributed by atoms with Gasteiger partial charge in [0, 0.05) is 23.9 Å². The van der Waals surface area contributed by atoms with Gasteiger partial charge in [-0.15, -0.1) is 11.3 Å². The third kappa shape index (κ3) is 5.52. The van der Waals surface area contributed by atoms with Crippen molar-refractivity contribution in [1.82, 2.24) is 4.90 Å². The fourth-order valence-electron chi connectivity index (χ4n) is 1.59. The van der Waals surface area contributed by atoms with Gasteiger partial charge in [-0.1, -0.05) is 11.6 Å². The molecule has 0 aliphatic rings. The van der Waals surface area contributed by atoms with E-state index in [0.717, 1.165) is 17.4 Å². The molecule has 0 radical (unpaired) electrons. The summed E-state index contributed by atoms with van der Waals surface area (Å²) in [5.41, 5.74) is 0. The first-order valence-corrected chi connectivity index (χ1v) is 6.88. The first kappa shape index (κ1) is 14.5. The predicted molar refractivity (Wildman–Crippen MR) is 71.7 cm³/mol. The van der Waals surface area contributed by atoms with Crippen LogP contribution in [0.3, 0.4) is 0 Å². The van der Waals surface area contributed by atoms with Gasteiger partial charge in [0.1, 0.15) is 0 Å². The summed E-state index contributed by atoms with van der Waals surface area (Å²) in [5.74, 6) is -0.729. The average molecular weight is 276 g/mol. The normalized spacial score (nSPS) is 11.4. The minimum atomic E-state index is -0.729. The molecule has 0 saturated carbocycles. The van der Waals surface area contributed by atoms with E-state index >= 15 is 0 Å². The average Bonchev–Trinajstić information content (AvgIpc) is 2.62. The minimum Gasteiger partial charge on any atom is -0.481 e. The van der Waals surface area contributed by atoms with Gasteiger partial charge in [-0.05, 0) is 38.9 Å². The molecule has 5 heteroatoms. The molecule has 0 amide bonds. The number of carboxylic acid groups (broad SMARTS) is 1. The second-order valence-corrected chi connectivity index (χ2v) is 6.07. The minimum absolute atomic E-state index is 0.231. The first-order valence-electron chi connectivity index (χ1n) is 5.69. The van der Waals surface area contributed by atoms with Crippen molar-refractivity contribution < 1.29 is 9.90 Å². The van der Waals surface area contributed by atoms with Gasteiger partial charge in [-0.25, -0.2) is 0 Å². The Morgan fingerprint density at radius 1 is 1.53 bits per heavy atom. The number of carbonyl (C=O) groups is 1. The van der Waals surface area contributed by atoms with Crippen LogP contribution in [0.5, 0.6) is 0 Å². The van der Waals surface area contributed by atoms with Crippen LogP contribution in [-0.2, 0) is 11.3 Å². The largest absolute Gasteiger partial charge is 0.481 e. The van der Waals surface area contributed by atoms with E-state index in [2.05, 4.69) is 18.7 Å². The molecule has 0 aliphatic carbocycles. The Balaban J connectivity index is 2.46. The van der Waals surface area contributed by atoms with Crippen LogP contribution in [-0.4, -0.2) is 28.6 Å². The highest BCUT2D eigenvalue weighted by Crippen LogP contribution is 2.23. The Bertz CT molecular complexity index is 365. The van der Waals surface area contributed by atoms with Crippen LogP contribution in [0.15, 0.2) is 12.1 Å². The molecule has 1 heterocycles. The number of aliphatic carboxylic acids is 1. The highest BCUT2D eigenvalue weighted by atomic mass is 35.5. The molecule has 0 bridgehead atoms. The zero-order chi connectivity index (χ0) is 12.8. The number of halogens is 1. The van der Waals surface area contributed by atoms with Crippen molar-refractivity contribution in [3.05, 3.63) is 21.3 Å². The lowest BCUT2D eigenvalue weighted by molar-refractivity contribution is -0.137. The second-order valence-electron chi connectivity index (χ2n) is 4.27. The molecule has 1 aromatic heterocycles. The SMILES string of the molecule is CC(C)N(CCCC(=O)O)Cc1ccc(Cl)s1. The Labute approximate surface area is 111 Å². The molecule has 0 fully saturated rings. The molecular formula is C12H18ClNO2S. The van der Waals surface area contributed by atoms with E-state index in [1.54, 1.807) is 11.3 Å². The topological polar surface area (TPSA) is 40.5 Å². The van der Waals surface area contributed by atoms with Gasteiger partial charge in [-0.2, -0.15) is 0 Å². The van der Waals surface area contributed by atoms with Gasteiger partial charge < -0.3 is 5.11 Å². The maximum atomic E-state index is 10.5. The van der Waals surface area contributed by atoms with Crippen LogP contribution in [0.4, 0.5) is 0 Å². The van der Waals surface area contributed by atoms with Gasteiger partial charge in [0.25, 0.3) is 0 Å². The van der Waals surface area contributed by atoms with Crippen LogP contribution < -0.4 is 0 Å². The van der Waals surface area contributed by atoms with E-state index in [9.17, 15) is 4.79 Å². The van der Waals surface area contributed by atoms with Crippen molar-refractivity contribution >= 4 is 28.9 Å². The van der Waals surface area contributed by atoms with Crippen molar-refractivity contribution in [1.29, 1.82) is 0 Å². The summed E-state index contributed by atoms with van der Waals surface area (Å²) in [7, 11) is 0. The molecule has 1 aromatic rings. The number of rotatable bonds is 7. The molecule has 96 valence electrons. The number of thiophene rings is 1. The van der Waals surface area contributed by atoms with Gasteiger partial charge >= 0.3 is 5.97 Å². The summed E-state index contributed by atoms with van der Waals surface area (Å²) in [6.45, 7) is 5.89. The first-order chi connectivity index (χ1) is 7.99. The molecule has 1 N–H and O–H groups in total. The zero-order valence-electron chi connectivity index (χ0n) is 10.1. The molecule has 0 atom stereocenters. The highest BCUT2D eigenvalue weighted by molar-refractivity contribution is 7.16. The number of hydrogen-bond acceptors (Lipinski definition) is 3. The van der Waals surface area contributed by atoms with E-state index in [-0.39, 0.29) is 6.42 Å². The maximum Gasteiger partial charge on any atom is 0.303 e. The molecule has 1 rings (SSSR count). The Hall–Kier alpha value is -0.580. The summed E-state index contributed by atoms with van der Waals surface area (Å²) in [5, 5.41) is 8.62. The highest BCUT2D eigenvalue weighted by Gasteiger charge is 2.11. The fraction of sp³-hybridized carbons (Fsp3) is 0.583. The van der Waals surface area contributed by atoms with Gasteiger partial charge in [0.05, 0.1) is 4.34 Å². The van der Waals surface area contributed by atoms with E-state index in [4.69, 9.17) is 16.7 Å². The fourth-order valence-corrected chi connectivity index (χ4v) is 2.70. The molecule has 17 heavy (non-hydrogen) atoms. The summed E-state index contributed by atoms with van der Waals surface area (Å²) in [6, 6.07) is 4.33. The molecule has 0 spiro atoms. The van der Waals surface area contributed by atoms with E-state index in [1.807, 2.05) is 12.1 Å². The Morgan fingerprint density at radius 2 is 2.24 bits per heavy atom. The van der Waals surface area contributed by atoms with Crippen LogP contribution in [0.2, 0.25) is 4.34 Å². The number of carboxylic acids is 1. The Morgan fingerprint density at radius 3 is 2.71 bits per heavy atom. The smallest absolute Gasteiger partial charge is 0.303 e. The summed E-state index contributed by atoms with van der Waals surface area (Å²) in [6.07, 6.45) is 0.918. The third-order valence-corrected chi connectivity index (χ3v) is 3.77. The quantitative estimate of drug-likeness (QED) is 0.828. The standard InChI is InChI=1S/C12H18ClNO2S/c1-9(2)14(7-3-4-12(15)16)8-10-5-6-11(13)17-10/h5-6,9H,3-4,7-8H2,1-2H3,(H,15,16). The summed E-state index contributed by atoms with van der Waals surface area (Å²) < 4.78 is 0.800. The molecule has 0 aliphatic heterocycles. The van der Waals surface area contributed by atoms with E-state index in [0.29, 0.717) is 12.5 Å². The molecule has 0 unspecified atom stereocenters. The summed E-state index contributed by atoms with van der Waals surface area (Å²) >= 11 is 7.47. The van der Waals surface area contributed by atoms with E-state index in [1.165, 1.54) is 4.88 Å². The summed E-state index contributed by atoms with van der Waals surface area (Å²) in [4.78, 5) is 14.0. The molecule has 3 nitrogen and oxygen atoms in total. The van der Waals surface area contributed by atoms with Crippen LogP contribution in [0.25, 0.3) is 0 Å². The monoisotopic (exact) mass is 275 g/mol. The van der Waals surface area contributed by atoms with Crippen molar-refractivity contribution in [2.75, 3.05) is 6.54 Å². The molecule has 0 saturated heterocycles. The van der Waals surface area contributed by atoms with Gasteiger partial charge in [-0.3, -0.25) is 9.69 Å². The number of nitrogens with zero attached hydrogens (tertiary/aromatic N) is 1. The Kier molecular flexibility index (Phi) is 5.95. The van der Waals surface area contributed by atoms with Crippen molar-refractivity contribution in [2.24, 2.45) is 0 Å². The lowest BCUT2D eigenvalue weighted by Crippen LogP contribution is -2.31. The van der Waals surface area contributed by atoms with Gasteiger partial charge in [0.2, 0.25) is 0 Å². The molecular weight excluding hydrogens is 258 g/mol. The van der Waals surface area contributed by atoms with Crippen molar-refractivity contribution in [2.45, 2.75) is 39.3 Å². The van der Waals surface area contributed by atoms with Gasteiger partial charge in [0.15, 0.2) is 0 Å². The van der Waals surface area contributed by atoms with Crippen LogP contribution in [0.1, 0.15) is 31.6 Å². The lowest BCUT2D eigenvalue weighted by atomic mass is 10.2. The predicted octanol–water partition coefficient (Wildman–Crippen LogP) is 3.48.